The molecule has 1 aromatic carbocycles. The monoisotopic (exact) mass is 194 g/mol. The third kappa shape index (κ3) is 2.57. The van der Waals surface area contributed by atoms with Gasteiger partial charge in [0.25, 0.3) is 0 Å². The Morgan fingerprint density at radius 2 is 2.07 bits per heavy atom. The Morgan fingerprint density at radius 3 is 2.64 bits per heavy atom. The van der Waals surface area contributed by atoms with Crippen molar-refractivity contribution in [2.75, 3.05) is 0 Å². The predicted octanol–water partition coefficient (Wildman–Crippen LogP) is 1.76. The molecule has 0 aliphatic carbocycles. The minimum absolute atomic E-state index is 0.239. The number of benzene rings is 1. The van der Waals surface area contributed by atoms with E-state index in [-0.39, 0.29) is 6.42 Å². The first-order valence-electron chi connectivity index (χ1n) is 4.62. The molecule has 76 valence electrons. The summed E-state index contributed by atoms with van der Waals surface area (Å²) in [4.78, 5) is 10.4. The van der Waals surface area contributed by atoms with Gasteiger partial charge in [-0.3, -0.25) is 4.79 Å². The lowest BCUT2D eigenvalue weighted by atomic mass is 9.99. The maximum atomic E-state index is 10.4. The molecular weight excluding hydrogens is 180 g/mol. The summed E-state index contributed by atoms with van der Waals surface area (Å²) >= 11 is 0. The lowest BCUT2D eigenvalue weighted by Gasteiger charge is -2.12. The quantitative estimate of drug-likeness (QED) is 0.767. The van der Waals surface area contributed by atoms with Crippen LogP contribution in [0.2, 0.25) is 0 Å². The molecule has 0 saturated carbocycles. The number of aliphatic hydroxyl groups excluding tert-OH is 1. The van der Waals surface area contributed by atoms with Gasteiger partial charge in [-0.15, -0.1) is 0 Å². The Balaban J connectivity index is 2.87. The summed E-state index contributed by atoms with van der Waals surface area (Å²) in [5, 5.41) is 18.2. The Kier molecular flexibility index (Phi) is 3.65. The first kappa shape index (κ1) is 10.7. The van der Waals surface area contributed by atoms with E-state index >= 15 is 0 Å². The third-order valence-electron chi connectivity index (χ3n) is 2.16. The smallest absolute Gasteiger partial charge is 0.306 e. The van der Waals surface area contributed by atoms with Crippen LogP contribution >= 0.6 is 0 Å². The number of carboxylic acid groups (broad SMARTS) is 1. The summed E-state index contributed by atoms with van der Waals surface area (Å²) in [7, 11) is 0. The molecule has 0 saturated heterocycles. The van der Waals surface area contributed by atoms with Crippen LogP contribution in [0.15, 0.2) is 24.3 Å². The zero-order valence-electron chi connectivity index (χ0n) is 8.10. The second kappa shape index (κ2) is 4.77. The van der Waals surface area contributed by atoms with Gasteiger partial charge in [0.2, 0.25) is 0 Å². The van der Waals surface area contributed by atoms with Crippen molar-refractivity contribution in [1.82, 2.24) is 0 Å². The second-order valence-corrected chi connectivity index (χ2v) is 3.17. The van der Waals surface area contributed by atoms with E-state index in [0.717, 1.165) is 17.5 Å². The van der Waals surface area contributed by atoms with E-state index in [1.54, 1.807) is 12.1 Å². The van der Waals surface area contributed by atoms with E-state index in [2.05, 4.69) is 0 Å². The molecule has 1 aromatic rings. The molecule has 0 unspecified atom stereocenters. The topological polar surface area (TPSA) is 57.5 Å². The maximum absolute atomic E-state index is 10.4. The van der Waals surface area contributed by atoms with Gasteiger partial charge in [0.15, 0.2) is 0 Å². The summed E-state index contributed by atoms with van der Waals surface area (Å²) in [5.41, 5.74) is 1.72. The molecule has 3 heteroatoms. The molecule has 14 heavy (non-hydrogen) atoms. The van der Waals surface area contributed by atoms with Crippen molar-refractivity contribution in [3.63, 3.8) is 0 Å². The third-order valence-corrected chi connectivity index (χ3v) is 2.16. The van der Waals surface area contributed by atoms with Gasteiger partial charge >= 0.3 is 5.97 Å². The molecule has 0 aromatic heterocycles. The van der Waals surface area contributed by atoms with Crippen molar-refractivity contribution in [2.24, 2.45) is 0 Å². The van der Waals surface area contributed by atoms with Crippen LogP contribution in [0, 0.1) is 0 Å². The number of aryl methyl sites for hydroxylation is 1. The van der Waals surface area contributed by atoms with Gasteiger partial charge in [-0.1, -0.05) is 31.2 Å². The highest BCUT2D eigenvalue weighted by molar-refractivity contribution is 5.67. The van der Waals surface area contributed by atoms with Crippen LogP contribution in [0.3, 0.4) is 0 Å². The molecule has 3 nitrogen and oxygen atoms in total. The largest absolute Gasteiger partial charge is 0.481 e. The van der Waals surface area contributed by atoms with Gasteiger partial charge in [0, 0.05) is 0 Å². The summed E-state index contributed by atoms with van der Waals surface area (Å²) in [6, 6.07) is 7.36. The molecule has 0 aliphatic rings. The number of aliphatic hydroxyl groups is 1. The van der Waals surface area contributed by atoms with Crippen LogP contribution in [0.5, 0.6) is 0 Å². The summed E-state index contributed by atoms with van der Waals surface area (Å²) in [6.07, 6.45) is -0.340. The standard InChI is InChI=1S/C11H14O3/c1-2-8-5-3-4-6-9(8)10(12)7-11(13)14/h3-6,10,12H,2,7H2,1H3,(H,13,14)/t10-/m1/s1. The van der Waals surface area contributed by atoms with Gasteiger partial charge in [0.05, 0.1) is 12.5 Å². The Morgan fingerprint density at radius 1 is 1.43 bits per heavy atom. The Bertz CT molecular complexity index is 320. The van der Waals surface area contributed by atoms with E-state index in [9.17, 15) is 9.90 Å². The molecular formula is C11H14O3. The van der Waals surface area contributed by atoms with Crippen LogP contribution in [0.4, 0.5) is 0 Å². The molecule has 1 atom stereocenters. The van der Waals surface area contributed by atoms with Crippen molar-refractivity contribution in [1.29, 1.82) is 0 Å². The van der Waals surface area contributed by atoms with Crippen LogP contribution < -0.4 is 0 Å². The lowest BCUT2D eigenvalue weighted by Crippen LogP contribution is -2.07. The summed E-state index contributed by atoms with van der Waals surface area (Å²) in [6.45, 7) is 1.98. The molecule has 0 aliphatic heterocycles. The van der Waals surface area contributed by atoms with Crippen LogP contribution in [-0.4, -0.2) is 16.2 Å². The van der Waals surface area contributed by atoms with Gasteiger partial charge in [-0.2, -0.15) is 0 Å². The SMILES string of the molecule is CCc1ccccc1[C@H](O)CC(=O)O. The van der Waals surface area contributed by atoms with Crippen molar-refractivity contribution < 1.29 is 15.0 Å². The fraction of sp³-hybridized carbons (Fsp3) is 0.364. The first-order valence-corrected chi connectivity index (χ1v) is 4.62. The van der Waals surface area contributed by atoms with Gasteiger partial charge in [0.1, 0.15) is 0 Å². The van der Waals surface area contributed by atoms with Crippen molar-refractivity contribution in [3.05, 3.63) is 35.4 Å². The van der Waals surface area contributed by atoms with Crippen LogP contribution in [-0.2, 0) is 11.2 Å². The predicted molar refractivity (Wildman–Crippen MR) is 53.0 cm³/mol. The first-order chi connectivity index (χ1) is 6.65. The normalized spacial score (nSPS) is 12.4. The number of hydrogen-bond acceptors (Lipinski definition) is 2. The zero-order chi connectivity index (χ0) is 10.6. The van der Waals surface area contributed by atoms with E-state index in [4.69, 9.17) is 5.11 Å². The molecule has 0 heterocycles. The number of rotatable bonds is 4. The van der Waals surface area contributed by atoms with E-state index in [0.29, 0.717) is 0 Å². The fourth-order valence-electron chi connectivity index (χ4n) is 1.46. The second-order valence-electron chi connectivity index (χ2n) is 3.17. The van der Waals surface area contributed by atoms with Crippen LogP contribution in [0.1, 0.15) is 30.6 Å². The highest BCUT2D eigenvalue weighted by Gasteiger charge is 2.14. The van der Waals surface area contributed by atoms with Crippen molar-refractivity contribution in [3.8, 4) is 0 Å². The van der Waals surface area contributed by atoms with E-state index < -0.39 is 12.1 Å². The highest BCUT2D eigenvalue weighted by Crippen LogP contribution is 2.21. The molecule has 1 rings (SSSR count). The maximum Gasteiger partial charge on any atom is 0.306 e. The van der Waals surface area contributed by atoms with E-state index in [1.165, 1.54) is 0 Å². The molecule has 0 spiro atoms. The minimum atomic E-state index is -0.983. The van der Waals surface area contributed by atoms with E-state index in [1.807, 2.05) is 19.1 Å². The number of aliphatic carboxylic acids is 1. The number of carbonyl (C=O) groups is 1. The van der Waals surface area contributed by atoms with Crippen LogP contribution in [0.25, 0.3) is 0 Å². The zero-order valence-corrected chi connectivity index (χ0v) is 8.10. The van der Waals surface area contributed by atoms with Gasteiger partial charge in [-0.05, 0) is 17.5 Å². The lowest BCUT2D eigenvalue weighted by molar-refractivity contribution is -0.139. The number of carboxylic acids is 1. The highest BCUT2D eigenvalue weighted by atomic mass is 16.4. The van der Waals surface area contributed by atoms with Gasteiger partial charge < -0.3 is 10.2 Å². The van der Waals surface area contributed by atoms with Crippen molar-refractivity contribution in [2.45, 2.75) is 25.9 Å². The average molecular weight is 194 g/mol. The molecule has 0 fully saturated rings. The number of hydrogen-bond donors (Lipinski definition) is 2. The molecule has 0 bridgehead atoms. The molecule has 2 N–H and O–H groups in total. The Labute approximate surface area is 83.0 Å². The Hall–Kier alpha value is -1.35. The summed E-state index contributed by atoms with van der Waals surface area (Å²) < 4.78 is 0. The van der Waals surface area contributed by atoms with Gasteiger partial charge in [-0.25, -0.2) is 0 Å². The molecule has 0 radical (unpaired) electrons. The fourth-order valence-corrected chi connectivity index (χ4v) is 1.46. The summed E-state index contributed by atoms with van der Waals surface area (Å²) in [5.74, 6) is -0.983. The minimum Gasteiger partial charge on any atom is -0.481 e. The average Bonchev–Trinajstić information content (AvgIpc) is 2.16. The van der Waals surface area contributed by atoms with Crippen molar-refractivity contribution >= 4 is 5.97 Å². The molecule has 0 amide bonds.